The Labute approximate surface area is 294 Å². The molecule has 282 valence electrons. The van der Waals surface area contributed by atoms with Crippen LogP contribution < -0.4 is 31.5 Å². The number of carboxylic acids is 2. The monoisotopic (exact) mass is 779 g/mol. The van der Waals surface area contributed by atoms with Crippen LogP contribution in [0.3, 0.4) is 0 Å². The fourth-order valence-corrected chi connectivity index (χ4v) is 5.19. The highest BCUT2D eigenvalue weighted by Crippen LogP contribution is 2.33. The number of amides is 2. The summed E-state index contributed by atoms with van der Waals surface area (Å²) in [4.78, 5) is 60.0. The molecule has 0 aliphatic carbocycles. The molecule has 2 aromatic heterocycles. The first-order valence-electron chi connectivity index (χ1n) is 14.4. The highest BCUT2D eigenvalue weighted by Gasteiger charge is 2.58. The summed E-state index contributed by atoms with van der Waals surface area (Å²) in [7, 11) is -5.02. The minimum absolute atomic E-state index is 0.0494. The van der Waals surface area contributed by atoms with Gasteiger partial charge < -0.3 is 46.3 Å². The van der Waals surface area contributed by atoms with Crippen LogP contribution in [-0.2, 0) is 38.7 Å². The second-order valence-electron chi connectivity index (χ2n) is 11.3. The van der Waals surface area contributed by atoms with E-state index in [0.29, 0.717) is 33.9 Å². The number of ether oxygens (including phenoxy) is 1. The maximum absolute atomic E-state index is 13.2. The average Bonchev–Trinajstić information content (AvgIpc) is 3.46. The first-order valence-corrected chi connectivity index (χ1v) is 16.6. The Morgan fingerprint density at radius 3 is 2.42 bits per heavy atom. The number of nitrogens with two attached hydrogens (primary N) is 2. The van der Waals surface area contributed by atoms with Gasteiger partial charge in [0.1, 0.15) is 49.3 Å². The number of quaternary nitrogens is 1. The van der Waals surface area contributed by atoms with E-state index in [-0.39, 0.29) is 11.0 Å². The molecule has 52 heavy (non-hydrogen) atoms. The Kier molecular flexibility index (Phi) is 11.7. The maximum atomic E-state index is 13.2. The Bertz CT molecular complexity index is 1990. The molecule has 0 unspecified atom stereocenters. The third-order valence-electron chi connectivity index (χ3n) is 7.08. The molecule has 0 radical (unpaired) electrons. The summed E-state index contributed by atoms with van der Waals surface area (Å²) in [5.41, 5.74) is 4.26. The van der Waals surface area contributed by atoms with Crippen LogP contribution in [0.15, 0.2) is 35.5 Å². The van der Waals surface area contributed by atoms with Crippen molar-refractivity contribution >= 4 is 73.2 Å². The van der Waals surface area contributed by atoms with Crippen molar-refractivity contribution in [2.75, 3.05) is 30.7 Å². The van der Waals surface area contributed by atoms with Gasteiger partial charge in [0.15, 0.2) is 5.13 Å². The van der Waals surface area contributed by atoms with Gasteiger partial charge >= 0.3 is 22.5 Å². The molecule has 0 saturated carbocycles. The smallest absolute Gasteiger partial charge is 0.430 e. The summed E-state index contributed by atoms with van der Waals surface area (Å²) in [5.74, 6) is -5.83. The number of carboxylic acid groups (broad SMARTS) is 2. The molecule has 21 nitrogen and oxygen atoms in total. The van der Waals surface area contributed by atoms with Gasteiger partial charge in [-0.05, 0) is 44.2 Å². The number of fused-ring (bicyclic) bond motifs is 1. The number of nitrogens with one attached hydrogen (secondary N) is 2. The summed E-state index contributed by atoms with van der Waals surface area (Å²) in [6.45, 7) is 4.14. The number of alkyl halides is 3. The molecular weight excluding hydrogens is 751 g/mol. The number of pyridine rings is 1. The van der Waals surface area contributed by atoms with Crippen molar-refractivity contribution < 1.29 is 74.7 Å². The van der Waals surface area contributed by atoms with Gasteiger partial charge in [0.25, 0.3) is 17.9 Å². The number of carbonyl (C=O) groups excluding carboxylic acids is 3. The number of aromatic nitrogens is 3. The number of halogens is 3. The third-order valence-corrected chi connectivity index (χ3v) is 7.96. The molecule has 3 aromatic rings. The number of nitrogen functional groups attached to an aromatic ring is 1. The second-order valence-corrected chi connectivity index (χ2v) is 13.1. The minimum Gasteiger partial charge on any atom is -0.542 e. The summed E-state index contributed by atoms with van der Waals surface area (Å²) in [6.07, 6.45) is -6.90. The first kappa shape index (κ1) is 39.3. The summed E-state index contributed by atoms with van der Waals surface area (Å²) >= 11 is 0.712. The van der Waals surface area contributed by atoms with E-state index in [1.165, 1.54) is 13.8 Å². The number of hydroxylamine groups is 2. The number of aliphatic carboxylic acids is 2. The van der Waals surface area contributed by atoms with Gasteiger partial charge in [0.05, 0.1) is 11.1 Å². The lowest BCUT2D eigenvalue weighted by Crippen LogP contribution is -2.99. The number of carbonyl (C=O) groups is 4. The molecule has 1 aromatic carbocycles. The average molecular weight is 780 g/mol. The van der Waals surface area contributed by atoms with E-state index in [1.54, 1.807) is 18.2 Å². The number of hydrogen-bond acceptors (Lipinski definition) is 17. The van der Waals surface area contributed by atoms with Gasteiger partial charge in [0, 0.05) is 16.9 Å². The topological polar surface area (TPSA) is 315 Å². The molecule has 2 amide bonds. The van der Waals surface area contributed by atoms with Crippen molar-refractivity contribution in [3.63, 3.8) is 0 Å². The van der Waals surface area contributed by atoms with Crippen LogP contribution in [0, 0.1) is 0 Å². The molecular formula is C26H28F3N9O12S2. The Morgan fingerprint density at radius 1 is 1.23 bits per heavy atom. The Morgan fingerprint density at radius 2 is 1.90 bits per heavy atom. The van der Waals surface area contributed by atoms with Gasteiger partial charge in [-0.25, -0.2) is 9.78 Å². The molecule has 5 rings (SSSR count). The predicted molar refractivity (Wildman–Crippen MR) is 166 cm³/mol. The predicted octanol–water partition coefficient (Wildman–Crippen LogP) is -2.58. The van der Waals surface area contributed by atoms with Crippen molar-refractivity contribution in [3.05, 3.63) is 36.2 Å². The second kappa shape index (κ2) is 15.4. The minimum atomic E-state index is -5.19. The molecule has 2 saturated heterocycles. The van der Waals surface area contributed by atoms with Gasteiger partial charge in [-0.3, -0.25) is 14.1 Å². The first-order chi connectivity index (χ1) is 24.2. The van der Waals surface area contributed by atoms with Crippen LogP contribution in [-0.4, -0.2) is 117 Å². The van der Waals surface area contributed by atoms with E-state index in [0.717, 1.165) is 24.3 Å². The summed E-state index contributed by atoms with van der Waals surface area (Å²) in [6, 6.07) is 7.74. The number of β-lactam (4-membered cyclic amide) rings is 1. The van der Waals surface area contributed by atoms with Crippen LogP contribution in [0.25, 0.3) is 10.9 Å². The molecule has 2 aliphatic heterocycles. The lowest BCUT2D eigenvalue weighted by molar-refractivity contribution is -0.707. The van der Waals surface area contributed by atoms with E-state index in [9.17, 15) is 41.1 Å². The summed E-state index contributed by atoms with van der Waals surface area (Å²) < 4.78 is 76.4. The molecule has 0 bridgehead atoms. The highest BCUT2D eigenvalue weighted by molar-refractivity contribution is 7.80. The number of hydrogen-bond donors (Lipinski definition) is 6. The maximum Gasteiger partial charge on any atom is 0.430 e. The largest absolute Gasteiger partial charge is 0.542 e. The quantitative estimate of drug-likeness (QED) is 0.0449. The number of anilines is 2. The van der Waals surface area contributed by atoms with Crippen LogP contribution >= 0.6 is 11.5 Å². The van der Waals surface area contributed by atoms with Crippen molar-refractivity contribution in [2.45, 2.75) is 43.8 Å². The molecule has 0 spiro atoms. The van der Waals surface area contributed by atoms with Crippen LogP contribution in [0.5, 0.6) is 5.75 Å². The SMILES string of the molecule is CC1(C)[C@H](NC(=O)/C(=N\O[C@@H](COc2ccc3nc(NC4C[NH2+]C4)ccc3c2)C(=O)O)c2nsc(N)n2)C(=O)N1OS(=O)(=O)O.O=C([O-])C(F)(F)F. The lowest BCUT2D eigenvalue weighted by atomic mass is 9.84. The number of rotatable bonds is 13. The zero-order valence-electron chi connectivity index (χ0n) is 26.6. The van der Waals surface area contributed by atoms with E-state index in [2.05, 4.69) is 39.7 Å². The fourth-order valence-electron chi connectivity index (χ4n) is 4.30. The summed E-state index contributed by atoms with van der Waals surface area (Å²) in [5, 5.41) is 31.1. The van der Waals surface area contributed by atoms with Gasteiger partial charge in [0.2, 0.25) is 11.5 Å². The van der Waals surface area contributed by atoms with Gasteiger partial charge in [-0.1, -0.05) is 5.16 Å². The van der Waals surface area contributed by atoms with E-state index in [4.69, 9.17) is 29.8 Å². The molecule has 2 atom stereocenters. The highest BCUT2D eigenvalue weighted by atomic mass is 32.3. The normalized spacial score (nSPS) is 17.9. The van der Waals surface area contributed by atoms with Crippen LogP contribution in [0.1, 0.15) is 19.7 Å². The van der Waals surface area contributed by atoms with E-state index < -0.39 is 70.3 Å². The number of nitrogens with zero attached hydrogens (tertiary/aromatic N) is 5. The Hall–Kier alpha value is -5.44. The lowest BCUT2D eigenvalue weighted by Gasteiger charge is -2.50. The van der Waals surface area contributed by atoms with E-state index >= 15 is 0 Å². The molecule has 2 aliphatic rings. The zero-order valence-corrected chi connectivity index (χ0v) is 28.2. The van der Waals surface area contributed by atoms with E-state index in [1.807, 2.05) is 12.1 Å². The Balaban J connectivity index is 0.000000785. The van der Waals surface area contributed by atoms with Crippen molar-refractivity contribution in [2.24, 2.45) is 5.16 Å². The van der Waals surface area contributed by atoms with Crippen LogP contribution in [0.2, 0.25) is 0 Å². The molecule has 8 N–H and O–H groups in total. The van der Waals surface area contributed by atoms with Crippen molar-refractivity contribution in [1.82, 2.24) is 24.7 Å². The molecule has 4 heterocycles. The van der Waals surface area contributed by atoms with Gasteiger partial charge in [-0.2, -0.15) is 36.0 Å². The number of oxime groups is 1. The molecule has 26 heteroatoms. The van der Waals surface area contributed by atoms with Crippen molar-refractivity contribution in [3.8, 4) is 5.75 Å². The molecule has 2 fully saturated rings. The zero-order chi connectivity index (χ0) is 38.6. The van der Waals surface area contributed by atoms with Gasteiger partial charge in [-0.15, -0.1) is 4.28 Å². The third kappa shape index (κ3) is 9.87. The van der Waals surface area contributed by atoms with Crippen molar-refractivity contribution in [1.29, 1.82) is 0 Å². The number of benzene rings is 1. The standard InChI is InChI=1S/C24H27N9O10S2.C2HF3O2/c1-24(2)18(21(35)33(24)43-45(38,39)40)29-20(34)17(19-30-23(25)44-32-19)31-42-15(22(36)37)10-41-13-4-5-14-11(7-13)3-6-16(28-14)27-12-8-26-9-12;3-2(4,5)1(6)7/h3-7,12,15,18,26H,8-10H2,1-2H3,(H,27,28)(H,29,34)(H,36,37)(H2,25,30,32)(H,38,39,40);(H,6,7)/b31-17-;/t15-,18+;/m0./s1. The fraction of sp³-hybridized carbons (Fsp3) is 0.385. The van der Waals surface area contributed by atoms with Crippen LogP contribution in [0.4, 0.5) is 24.1 Å².